The highest BCUT2D eigenvalue weighted by atomic mass is 31.2. The van der Waals surface area contributed by atoms with E-state index in [1.165, 1.54) is 25.7 Å². The maximum absolute atomic E-state index is 12.5. The van der Waals surface area contributed by atoms with Crippen molar-refractivity contribution in [1.29, 1.82) is 0 Å². The smallest absolute Gasteiger partial charge is 0.462 e. The molecule has 0 aromatic carbocycles. The fourth-order valence-electron chi connectivity index (χ4n) is 4.68. The van der Waals surface area contributed by atoms with E-state index in [9.17, 15) is 29.3 Å². The van der Waals surface area contributed by atoms with Crippen LogP contribution in [0.1, 0.15) is 136 Å². The number of aliphatic hydroxyl groups is 3. The second-order valence-corrected chi connectivity index (χ2v) is 14.4. The van der Waals surface area contributed by atoms with Crippen LogP contribution in [0, 0.1) is 5.92 Å². The molecule has 0 aliphatic heterocycles. The van der Waals surface area contributed by atoms with Gasteiger partial charge in [0, 0.05) is 12.8 Å². The van der Waals surface area contributed by atoms with Gasteiger partial charge in [-0.3, -0.25) is 18.6 Å². The van der Waals surface area contributed by atoms with Crippen molar-refractivity contribution in [3.63, 3.8) is 0 Å². The molecule has 0 bridgehead atoms. The van der Waals surface area contributed by atoms with Crippen molar-refractivity contribution < 1.29 is 52.9 Å². The number of unbranched alkanes of at least 4 members (excludes halogenated alkanes) is 11. The van der Waals surface area contributed by atoms with Crippen molar-refractivity contribution >= 4 is 19.8 Å². The standard InChI is InChI=1S/C37H67O11P/c1-4-5-18-24-33(39)25-20-15-11-7-6-8-12-16-21-26-36(41)45-30-35(31-47-49(43,44)46-29-34(40)28-38)48-37(42)27-22-17-13-9-10-14-19-23-32(2)3/h5,11,15,18,20,25,32-35,38-40H,4,6-10,12-14,16-17,19,21-24,26-31H2,1-3H3,(H,43,44)/b15-11+,18-5+,25-20+/t33?,34-,35+/m0/s1. The molecule has 0 aliphatic carbocycles. The van der Waals surface area contributed by atoms with E-state index < -0.39 is 57.9 Å². The summed E-state index contributed by atoms with van der Waals surface area (Å²) in [6, 6.07) is 0. The summed E-state index contributed by atoms with van der Waals surface area (Å²) in [6.07, 6.45) is 24.7. The molecule has 49 heavy (non-hydrogen) atoms. The Bertz CT molecular complexity index is 951. The number of hydrogen-bond acceptors (Lipinski definition) is 10. The summed E-state index contributed by atoms with van der Waals surface area (Å²) >= 11 is 0. The molecule has 0 aliphatic rings. The van der Waals surface area contributed by atoms with Crippen molar-refractivity contribution in [2.45, 2.75) is 155 Å². The number of ether oxygens (including phenoxy) is 2. The summed E-state index contributed by atoms with van der Waals surface area (Å²) in [4.78, 5) is 34.7. The van der Waals surface area contributed by atoms with Gasteiger partial charge in [-0.2, -0.15) is 0 Å². The number of carbonyl (C=O) groups excluding carboxylic acids is 2. The van der Waals surface area contributed by atoms with Gasteiger partial charge in [-0.25, -0.2) is 4.57 Å². The Kier molecular flexibility index (Phi) is 30.9. The topological polar surface area (TPSA) is 169 Å². The lowest BCUT2D eigenvalue weighted by atomic mass is 10.0. The number of phosphoric ester groups is 1. The number of phosphoric acid groups is 1. The summed E-state index contributed by atoms with van der Waals surface area (Å²) in [5, 5.41) is 28.1. The number of hydrogen-bond donors (Lipinski definition) is 4. The molecule has 0 aromatic rings. The normalized spacial score (nSPS) is 15.3. The number of esters is 2. The van der Waals surface area contributed by atoms with Crippen LogP contribution < -0.4 is 0 Å². The van der Waals surface area contributed by atoms with Gasteiger partial charge in [-0.15, -0.1) is 0 Å². The largest absolute Gasteiger partial charge is 0.472 e. The Balaban J connectivity index is 4.44. The zero-order valence-electron chi connectivity index (χ0n) is 30.4. The van der Waals surface area contributed by atoms with Crippen LogP contribution in [0.3, 0.4) is 0 Å². The number of allylic oxidation sites excluding steroid dienone is 4. The molecule has 0 aromatic heterocycles. The van der Waals surface area contributed by atoms with E-state index >= 15 is 0 Å². The van der Waals surface area contributed by atoms with Gasteiger partial charge in [-0.1, -0.05) is 121 Å². The highest BCUT2D eigenvalue weighted by Crippen LogP contribution is 2.43. The summed E-state index contributed by atoms with van der Waals surface area (Å²) in [5.41, 5.74) is 0. The minimum atomic E-state index is -4.62. The maximum atomic E-state index is 12.5. The molecule has 0 rings (SSSR count). The van der Waals surface area contributed by atoms with Crippen LogP contribution in [0.4, 0.5) is 0 Å². The van der Waals surface area contributed by atoms with Gasteiger partial charge in [0.25, 0.3) is 0 Å². The van der Waals surface area contributed by atoms with Gasteiger partial charge >= 0.3 is 19.8 Å². The third-order valence-electron chi connectivity index (χ3n) is 7.57. The summed E-state index contributed by atoms with van der Waals surface area (Å²) in [6.45, 7) is 4.34. The lowest BCUT2D eigenvalue weighted by Gasteiger charge is -2.20. The Morgan fingerprint density at radius 1 is 0.735 bits per heavy atom. The first-order chi connectivity index (χ1) is 23.5. The lowest BCUT2D eigenvalue weighted by molar-refractivity contribution is -0.161. The van der Waals surface area contributed by atoms with E-state index in [1.54, 1.807) is 6.08 Å². The lowest BCUT2D eigenvalue weighted by Crippen LogP contribution is -2.29. The molecule has 0 saturated carbocycles. The molecule has 0 fully saturated rings. The van der Waals surface area contributed by atoms with Crippen molar-refractivity contribution in [2.75, 3.05) is 26.4 Å². The van der Waals surface area contributed by atoms with Crippen LogP contribution in [0.15, 0.2) is 36.5 Å². The van der Waals surface area contributed by atoms with Crippen LogP contribution in [0.2, 0.25) is 0 Å². The Hall–Kier alpha value is -1.85. The average Bonchev–Trinajstić information content (AvgIpc) is 3.06. The van der Waals surface area contributed by atoms with Gasteiger partial charge in [0.2, 0.25) is 0 Å². The molecule has 11 nitrogen and oxygen atoms in total. The Labute approximate surface area is 295 Å². The van der Waals surface area contributed by atoms with Crippen molar-refractivity contribution in [1.82, 2.24) is 0 Å². The van der Waals surface area contributed by atoms with Crippen molar-refractivity contribution in [2.24, 2.45) is 5.92 Å². The van der Waals surface area contributed by atoms with Gasteiger partial charge in [-0.05, 0) is 44.4 Å². The van der Waals surface area contributed by atoms with E-state index in [4.69, 9.17) is 19.1 Å². The molecule has 0 amide bonds. The minimum absolute atomic E-state index is 0.167. The summed E-state index contributed by atoms with van der Waals surface area (Å²) in [5.74, 6) is -0.256. The summed E-state index contributed by atoms with van der Waals surface area (Å²) in [7, 11) is -4.62. The number of rotatable bonds is 33. The van der Waals surface area contributed by atoms with E-state index in [0.29, 0.717) is 19.3 Å². The second-order valence-electron chi connectivity index (χ2n) is 12.9. The predicted molar refractivity (Wildman–Crippen MR) is 193 cm³/mol. The molecular weight excluding hydrogens is 651 g/mol. The first kappa shape index (κ1) is 47.1. The van der Waals surface area contributed by atoms with E-state index in [2.05, 4.69) is 31.4 Å². The molecule has 0 heterocycles. The van der Waals surface area contributed by atoms with Gasteiger partial charge in [0.05, 0.1) is 25.9 Å². The molecule has 2 unspecified atom stereocenters. The number of aliphatic hydroxyl groups excluding tert-OH is 3. The van der Waals surface area contributed by atoms with E-state index in [0.717, 1.165) is 63.7 Å². The second kappa shape index (κ2) is 32.1. The highest BCUT2D eigenvalue weighted by Gasteiger charge is 2.27. The highest BCUT2D eigenvalue weighted by molar-refractivity contribution is 7.47. The molecule has 0 spiro atoms. The van der Waals surface area contributed by atoms with Gasteiger partial charge in [0.15, 0.2) is 6.10 Å². The SMILES string of the molecule is CC/C=C/CC(O)/C=C/C=C/CCCCCCCC(=O)OC[C@H](COP(=O)(O)OC[C@@H](O)CO)OC(=O)CCCCCCCCCC(C)C. The average molecular weight is 719 g/mol. The first-order valence-corrected chi connectivity index (χ1v) is 19.9. The molecule has 0 saturated heterocycles. The van der Waals surface area contributed by atoms with Gasteiger partial charge in [0.1, 0.15) is 12.7 Å². The third kappa shape index (κ3) is 33.1. The fraction of sp³-hybridized carbons (Fsp3) is 0.784. The van der Waals surface area contributed by atoms with Gasteiger partial charge < -0.3 is 29.7 Å². The van der Waals surface area contributed by atoms with Crippen LogP contribution in [0.25, 0.3) is 0 Å². The zero-order valence-corrected chi connectivity index (χ0v) is 31.3. The van der Waals surface area contributed by atoms with E-state index in [-0.39, 0.29) is 19.4 Å². The fourth-order valence-corrected chi connectivity index (χ4v) is 5.47. The van der Waals surface area contributed by atoms with Crippen LogP contribution in [-0.4, -0.2) is 76.9 Å². The molecule has 4 N–H and O–H groups in total. The molecule has 286 valence electrons. The minimum Gasteiger partial charge on any atom is -0.462 e. The van der Waals surface area contributed by atoms with Crippen LogP contribution in [-0.2, 0) is 32.7 Å². The predicted octanol–water partition coefficient (Wildman–Crippen LogP) is 7.66. The van der Waals surface area contributed by atoms with Crippen molar-refractivity contribution in [3.05, 3.63) is 36.5 Å². The number of carbonyl (C=O) groups is 2. The van der Waals surface area contributed by atoms with Crippen LogP contribution >= 0.6 is 7.82 Å². The molecule has 0 radical (unpaired) electrons. The zero-order chi connectivity index (χ0) is 36.6. The summed E-state index contributed by atoms with van der Waals surface area (Å²) < 4.78 is 32.5. The first-order valence-electron chi connectivity index (χ1n) is 18.4. The Morgan fingerprint density at radius 2 is 1.33 bits per heavy atom. The molecule has 4 atom stereocenters. The van der Waals surface area contributed by atoms with E-state index in [1.807, 2.05) is 24.3 Å². The molecular formula is C37H67O11P. The quantitative estimate of drug-likeness (QED) is 0.0173. The monoisotopic (exact) mass is 718 g/mol. The van der Waals surface area contributed by atoms with Crippen LogP contribution in [0.5, 0.6) is 0 Å². The molecule has 12 heteroatoms. The third-order valence-corrected chi connectivity index (χ3v) is 8.52. The van der Waals surface area contributed by atoms with Crippen molar-refractivity contribution in [3.8, 4) is 0 Å². The Morgan fingerprint density at radius 3 is 1.96 bits per heavy atom. The maximum Gasteiger partial charge on any atom is 0.472 e.